The second-order valence-corrected chi connectivity index (χ2v) is 11.5. The molecule has 1 aliphatic heterocycles. The van der Waals surface area contributed by atoms with Gasteiger partial charge in [-0.05, 0) is 37.1 Å². The number of benzene rings is 1. The Morgan fingerprint density at radius 1 is 1.07 bits per heavy atom. The van der Waals surface area contributed by atoms with Crippen LogP contribution in [-0.4, -0.2) is 43.2 Å². The molecule has 14 heteroatoms. The predicted octanol–water partition coefficient (Wildman–Crippen LogP) is 6.76. The summed E-state index contributed by atoms with van der Waals surface area (Å²) in [6, 6.07) is 7.75. The van der Waals surface area contributed by atoms with Crippen molar-refractivity contribution >= 4 is 52.0 Å². The minimum atomic E-state index is -4.69. The van der Waals surface area contributed by atoms with Gasteiger partial charge < -0.3 is 9.47 Å². The number of aryl methyl sites for hydroxylation is 1. The number of piperidine rings is 1. The lowest BCUT2D eigenvalue weighted by molar-refractivity contribution is -0.139. The molecule has 1 aliphatic rings. The van der Waals surface area contributed by atoms with Crippen LogP contribution in [0.5, 0.6) is 0 Å². The first-order valence-electron chi connectivity index (χ1n) is 12.1. The van der Waals surface area contributed by atoms with E-state index in [0.29, 0.717) is 69.8 Å². The largest absolute Gasteiger partial charge is 0.417 e. The van der Waals surface area contributed by atoms with Crippen LogP contribution in [0.2, 0.25) is 15.1 Å². The fourth-order valence-electron chi connectivity index (χ4n) is 4.65. The fraction of sp³-hybridized carbons (Fsp3) is 0.308. The van der Waals surface area contributed by atoms with Gasteiger partial charge in [-0.25, -0.2) is 4.98 Å². The van der Waals surface area contributed by atoms with Crippen LogP contribution in [0.1, 0.15) is 29.3 Å². The van der Waals surface area contributed by atoms with Gasteiger partial charge in [-0.1, -0.05) is 40.9 Å². The molecule has 0 spiro atoms. The standard InChI is InChI=1S/C26H21Cl3F3N5O2S/c1-35-21(23-16(27)3-2-4-17(23)28)10-19(34-35)20-13-40-24(33-20)14-5-7-36(8-6-14)22(38)12-37-11-15(26(30,31)32)9-18(29)25(37)39/h2-4,9-11,13-14H,5-8,12H2,1H3. The minimum Gasteiger partial charge on any atom is -0.341 e. The molecule has 4 aromatic rings. The van der Waals surface area contributed by atoms with Crippen molar-refractivity contribution in [2.75, 3.05) is 13.1 Å². The van der Waals surface area contributed by atoms with Gasteiger partial charge in [0.05, 0.1) is 26.3 Å². The molecular weight excluding hydrogens is 610 g/mol. The number of nitrogens with zero attached hydrogens (tertiary/aromatic N) is 5. The topological polar surface area (TPSA) is 73.0 Å². The zero-order chi connectivity index (χ0) is 28.8. The Balaban J connectivity index is 1.25. The Kier molecular flexibility index (Phi) is 8.02. The molecule has 0 atom stereocenters. The highest BCUT2D eigenvalue weighted by Gasteiger charge is 2.33. The number of likely N-dealkylation sites (tertiary alicyclic amines) is 1. The smallest absolute Gasteiger partial charge is 0.341 e. The normalized spacial score (nSPS) is 14.6. The van der Waals surface area contributed by atoms with Crippen LogP contribution >= 0.6 is 46.1 Å². The first-order valence-corrected chi connectivity index (χ1v) is 14.1. The molecule has 4 heterocycles. The third-order valence-corrected chi connectivity index (χ3v) is 8.66. The minimum absolute atomic E-state index is 0.106. The van der Waals surface area contributed by atoms with E-state index in [1.54, 1.807) is 34.8 Å². The van der Waals surface area contributed by atoms with Crippen molar-refractivity contribution in [3.05, 3.63) is 77.9 Å². The van der Waals surface area contributed by atoms with Gasteiger partial charge >= 0.3 is 6.18 Å². The van der Waals surface area contributed by atoms with Crippen molar-refractivity contribution in [3.63, 3.8) is 0 Å². The monoisotopic (exact) mass is 629 g/mol. The molecule has 1 aromatic carbocycles. The lowest BCUT2D eigenvalue weighted by Crippen LogP contribution is -2.41. The zero-order valence-electron chi connectivity index (χ0n) is 20.9. The Labute approximate surface area is 245 Å². The quantitative estimate of drug-likeness (QED) is 0.244. The Morgan fingerprint density at radius 3 is 2.40 bits per heavy atom. The molecule has 40 heavy (non-hydrogen) atoms. The molecule has 0 aliphatic carbocycles. The number of pyridine rings is 1. The summed E-state index contributed by atoms with van der Waals surface area (Å²) in [6.07, 6.45) is -2.82. The van der Waals surface area contributed by atoms with Crippen LogP contribution in [-0.2, 0) is 24.6 Å². The van der Waals surface area contributed by atoms with E-state index in [1.807, 2.05) is 11.4 Å². The van der Waals surface area contributed by atoms with Gasteiger partial charge in [0.2, 0.25) is 5.91 Å². The molecule has 3 aromatic heterocycles. The van der Waals surface area contributed by atoms with Gasteiger partial charge in [-0.15, -0.1) is 11.3 Å². The summed E-state index contributed by atoms with van der Waals surface area (Å²) in [7, 11) is 1.81. The molecule has 7 nitrogen and oxygen atoms in total. The van der Waals surface area contributed by atoms with Crippen LogP contribution in [0.25, 0.3) is 22.6 Å². The second kappa shape index (κ2) is 11.2. The van der Waals surface area contributed by atoms with Crippen molar-refractivity contribution in [1.82, 2.24) is 24.2 Å². The summed E-state index contributed by atoms with van der Waals surface area (Å²) in [6.45, 7) is 0.253. The first kappa shape index (κ1) is 28.7. The van der Waals surface area contributed by atoms with E-state index >= 15 is 0 Å². The number of aromatic nitrogens is 4. The van der Waals surface area contributed by atoms with Crippen molar-refractivity contribution in [2.45, 2.75) is 31.5 Å². The number of carbonyl (C=O) groups is 1. The van der Waals surface area contributed by atoms with Crippen LogP contribution in [0.3, 0.4) is 0 Å². The van der Waals surface area contributed by atoms with E-state index < -0.39 is 34.8 Å². The number of amides is 1. The summed E-state index contributed by atoms with van der Waals surface area (Å²) in [5.41, 5.74) is 0.904. The summed E-state index contributed by atoms with van der Waals surface area (Å²) in [5, 5.41) is 7.87. The summed E-state index contributed by atoms with van der Waals surface area (Å²) >= 11 is 20.0. The van der Waals surface area contributed by atoms with E-state index in [2.05, 4.69) is 5.10 Å². The van der Waals surface area contributed by atoms with Gasteiger partial charge in [-0.3, -0.25) is 14.3 Å². The third-order valence-electron chi connectivity index (χ3n) is 6.76. The molecule has 0 saturated carbocycles. The lowest BCUT2D eigenvalue weighted by Gasteiger charge is -2.31. The highest BCUT2D eigenvalue weighted by atomic mass is 35.5. The highest BCUT2D eigenvalue weighted by Crippen LogP contribution is 2.37. The fourth-order valence-corrected chi connectivity index (χ4v) is 6.46. The average molecular weight is 631 g/mol. The maximum atomic E-state index is 13.1. The van der Waals surface area contributed by atoms with E-state index in [9.17, 15) is 22.8 Å². The Bertz CT molecular complexity index is 1620. The number of alkyl halides is 3. The molecule has 1 amide bonds. The van der Waals surface area contributed by atoms with Crippen molar-refractivity contribution in [1.29, 1.82) is 0 Å². The van der Waals surface area contributed by atoms with Gasteiger partial charge in [0.25, 0.3) is 5.56 Å². The van der Waals surface area contributed by atoms with Crippen molar-refractivity contribution in [2.24, 2.45) is 7.05 Å². The molecule has 0 bridgehead atoms. The number of hydrogen-bond donors (Lipinski definition) is 0. The van der Waals surface area contributed by atoms with E-state index in [0.717, 1.165) is 10.7 Å². The van der Waals surface area contributed by atoms with Crippen molar-refractivity contribution < 1.29 is 18.0 Å². The number of carbonyl (C=O) groups excluding carboxylic acids is 1. The number of rotatable bonds is 5. The number of hydrogen-bond acceptors (Lipinski definition) is 5. The summed E-state index contributed by atoms with van der Waals surface area (Å²) < 4.78 is 41.8. The lowest BCUT2D eigenvalue weighted by atomic mass is 9.97. The molecular formula is C26H21Cl3F3N5O2S. The van der Waals surface area contributed by atoms with E-state index in [4.69, 9.17) is 39.8 Å². The van der Waals surface area contributed by atoms with Crippen molar-refractivity contribution in [3.8, 4) is 22.6 Å². The molecule has 210 valence electrons. The molecule has 1 fully saturated rings. The van der Waals surface area contributed by atoms with Crippen LogP contribution < -0.4 is 5.56 Å². The van der Waals surface area contributed by atoms with Gasteiger partial charge in [0.15, 0.2) is 0 Å². The van der Waals surface area contributed by atoms with Gasteiger partial charge in [0.1, 0.15) is 23.0 Å². The van der Waals surface area contributed by atoms with Crippen LogP contribution in [0.4, 0.5) is 13.2 Å². The van der Waals surface area contributed by atoms with E-state index in [-0.39, 0.29) is 5.92 Å². The third kappa shape index (κ3) is 5.79. The summed E-state index contributed by atoms with van der Waals surface area (Å²) in [5.74, 6) is -0.343. The molecule has 5 rings (SSSR count). The van der Waals surface area contributed by atoms with Gasteiger partial charge in [0, 0.05) is 43.2 Å². The van der Waals surface area contributed by atoms with Crippen LogP contribution in [0, 0.1) is 0 Å². The SMILES string of the molecule is Cn1nc(-c2csc(C3CCN(C(=O)Cn4cc(C(F)(F)F)cc(Cl)c4=O)CC3)n2)cc1-c1c(Cl)cccc1Cl. The number of thiazole rings is 1. The zero-order valence-corrected chi connectivity index (χ0v) is 24.0. The summed E-state index contributed by atoms with van der Waals surface area (Å²) in [4.78, 5) is 31.4. The van der Waals surface area contributed by atoms with Gasteiger partial charge in [-0.2, -0.15) is 18.3 Å². The Morgan fingerprint density at radius 2 is 1.75 bits per heavy atom. The molecule has 0 unspecified atom stereocenters. The first-order chi connectivity index (χ1) is 18.9. The second-order valence-electron chi connectivity index (χ2n) is 9.37. The maximum Gasteiger partial charge on any atom is 0.417 e. The average Bonchev–Trinajstić information content (AvgIpc) is 3.53. The predicted molar refractivity (Wildman–Crippen MR) is 149 cm³/mol. The highest BCUT2D eigenvalue weighted by molar-refractivity contribution is 7.10. The van der Waals surface area contributed by atoms with Crippen LogP contribution in [0.15, 0.2) is 46.7 Å². The maximum absolute atomic E-state index is 13.1. The number of halogens is 6. The molecule has 0 N–H and O–H groups in total. The van der Waals surface area contributed by atoms with E-state index in [1.165, 1.54) is 11.3 Å². The molecule has 1 saturated heterocycles. The molecule has 0 radical (unpaired) electrons. The Hall–Kier alpha value is -2.86.